The third kappa shape index (κ3) is 41.8. The Balaban J connectivity index is 0. The van der Waals surface area contributed by atoms with Gasteiger partial charge in [-0.25, -0.2) is 0 Å². The van der Waals surface area contributed by atoms with Gasteiger partial charge in [0, 0.05) is 0 Å². The number of thiol groups is 1. The van der Waals surface area contributed by atoms with Gasteiger partial charge in [-0.2, -0.15) is 0 Å². The van der Waals surface area contributed by atoms with Crippen molar-refractivity contribution in [2.75, 3.05) is 0 Å². The van der Waals surface area contributed by atoms with Crippen molar-refractivity contribution in [3.63, 3.8) is 0 Å². The minimum absolute atomic E-state index is 0.0521. The van der Waals surface area contributed by atoms with Crippen molar-refractivity contribution in [1.29, 1.82) is 0 Å². The molecule has 0 aliphatic heterocycles. The average molecular weight is 282 g/mol. The van der Waals surface area contributed by atoms with Crippen LogP contribution in [0.15, 0.2) is 0 Å². The standard InChI is InChI=1S/2C3H7.H3O2PS2.Zn/c2*1-3-2;1-3(2,4)5;/h2*1,3H2,2H3;(H3,1,2,4,5);. The Morgan fingerprint density at radius 2 is 1.50 bits per heavy atom. The summed E-state index contributed by atoms with van der Waals surface area (Å²) in [6.07, 6.45) is 2.89. The SMILES string of the molecule is CC[CH2][Zn][CH2]CC.OP(O)(=S)S. The van der Waals surface area contributed by atoms with Crippen LogP contribution < -0.4 is 0 Å². The summed E-state index contributed by atoms with van der Waals surface area (Å²) in [5.41, 5.74) is -3.11. The Morgan fingerprint density at radius 1 is 1.25 bits per heavy atom. The Labute approximate surface area is 93.1 Å². The minimum Gasteiger partial charge on any atom is -0.338 e. The molecule has 0 spiro atoms. The second-order valence-electron chi connectivity index (χ2n) is 2.57. The maximum Gasteiger partial charge on any atom is 0.239 e. The smallest absolute Gasteiger partial charge is 0.239 e. The van der Waals surface area contributed by atoms with Crippen molar-refractivity contribution in [1.82, 2.24) is 0 Å². The van der Waals surface area contributed by atoms with Gasteiger partial charge in [0.2, 0.25) is 5.69 Å². The van der Waals surface area contributed by atoms with Crippen LogP contribution in [0.2, 0.25) is 10.0 Å². The molecule has 2 N–H and O–H groups in total. The van der Waals surface area contributed by atoms with Gasteiger partial charge in [0.25, 0.3) is 0 Å². The molecule has 0 aromatic carbocycles. The molecular formula is C6H17O2PS2Zn. The first-order valence-electron chi connectivity index (χ1n) is 4.20. The van der Waals surface area contributed by atoms with Crippen molar-refractivity contribution >= 4 is 29.7 Å². The fraction of sp³-hybridized carbons (Fsp3) is 1.00. The molecule has 0 radical (unpaired) electrons. The van der Waals surface area contributed by atoms with E-state index in [0.29, 0.717) is 0 Å². The number of hydrogen-bond acceptors (Lipinski definition) is 1. The predicted molar refractivity (Wildman–Crippen MR) is 57.9 cm³/mol. The molecule has 0 fully saturated rings. The summed E-state index contributed by atoms with van der Waals surface area (Å²) in [7, 11) is 0. The van der Waals surface area contributed by atoms with E-state index in [2.05, 4.69) is 37.9 Å². The van der Waals surface area contributed by atoms with E-state index in [1.807, 2.05) is 0 Å². The molecule has 6 heteroatoms. The van der Waals surface area contributed by atoms with Crippen LogP contribution in [0.5, 0.6) is 0 Å². The first-order valence-corrected chi connectivity index (χ1v) is 12.3. The molecule has 0 atom stereocenters. The van der Waals surface area contributed by atoms with Gasteiger partial charge in [-0.3, -0.25) is 0 Å². The number of hydrogen-bond donors (Lipinski definition) is 3. The molecule has 0 amide bonds. The van der Waals surface area contributed by atoms with Crippen LogP contribution in [0.4, 0.5) is 0 Å². The van der Waals surface area contributed by atoms with Crippen molar-refractivity contribution in [2.24, 2.45) is 0 Å². The van der Waals surface area contributed by atoms with Gasteiger partial charge in [-0.1, -0.05) is 12.2 Å². The van der Waals surface area contributed by atoms with E-state index < -0.39 is 5.69 Å². The quantitative estimate of drug-likeness (QED) is 0.321. The van der Waals surface area contributed by atoms with Gasteiger partial charge < -0.3 is 9.79 Å². The average Bonchev–Trinajstić information content (AvgIpc) is 1.85. The topological polar surface area (TPSA) is 40.5 Å². The van der Waals surface area contributed by atoms with Gasteiger partial charge in [-0.05, 0) is 11.8 Å². The van der Waals surface area contributed by atoms with Crippen molar-refractivity contribution < 1.29 is 26.9 Å². The summed E-state index contributed by atoms with van der Waals surface area (Å²) < 4.78 is 0. The summed E-state index contributed by atoms with van der Waals surface area (Å²) in [4.78, 5) is 15.7. The Kier molecular flexibility index (Phi) is 14.2. The first kappa shape index (κ1) is 16.0. The number of rotatable bonds is 4. The zero-order chi connectivity index (χ0) is 10.0. The van der Waals surface area contributed by atoms with Crippen molar-refractivity contribution in [2.45, 2.75) is 36.7 Å². The van der Waals surface area contributed by atoms with Gasteiger partial charge in [0.1, 0.15) is 0 Å². The molecule has 0 aliphatic rings. The van der Waals surface area contributed by atoms with Crippen LogP contribution >= 0.6 is 17.9 Å². The molecule has 12 heavy (non-hydrogen) atoms. The Bertz CT molecular complexity index is 116. The molecule has 0 aliphatic carbocycles. The summed E-state index contributed by atoms with van der Waals surface area (Å²) in [6.45, 7) is 4.59. The van der Waals surface area contributed by atoms with Gasteiger partial charge in [0.15, 0.2) is 0 Å². The van der Waals surface area contributed by atoms with Crippen molar-refractivity contribution in [3.8, 4) is 0 Å². The fourth-order valence-corrected chi connectivity index (χ4v) is 3.52. The maximum absolute atomic E-state index is 7.87. The van der Waals surface area contributed by atoms with Crippen LogP contribution in [0.25, 0.3) is 0 Å². The Morgan fingerprint density at radius 3 is 1.67 bits per heavy atom. The molecule has 0 bridgehead atoms. The van der Waals surface area contributed by atoms with E-state index in [1.165, 1.54) is 12.8 Å². The summed E-state index contributed by atoms with van der Waals surface area (Å²) in [5.74, 6) is 0. The van der Waals surface area contributed by atoms with E-state index in [0.717, 1.165) is 0 Å². The van der Waals surface area contributed by atoms with Gasteiger partial charge in [-0.15, -0.1) is 0 Å². The van der Waals surface area contributed by atoms with E-state index in [-0.39, 0.29) is 17.1 Å². The van der Waals surface area contributed by atoms with E-state index in [9.17, 15) is 0 Å². The van der Waals surface area contributed by atoms with Crippen molar-refractivity contribution in [3.05, 3.63) is 0 Å². The molecule has 2 nitrogen and oxygen atoms in total. The van der Waals surface area contributed by atoms with E-state index >= 15 is 0 Å². The molecule has 0 unspecified atom stereocenters. The summed E-state index contributed by atoms with van der Waals surface area (Å²) >= 11 is 7.12. The molecule has 0 saturated carbocycles. The maximum atomic E-state index is 7.87. The second kappa shape index (κ2) is 10.6. The van der Waals surface area contributed by atoms with Crippen LogP contribution in [0.1, 0.15) is 26.7 Å². The van der Waals surface area contributed by atoms with Crippen LogP contribution in [-0.2, 0) is 28.9 Å². The van der Waals surface area contributed by atoms with E-state index in [4.69, 9.17) is 9.79 Å². The van der Waals surface area contributed by atoms with E-state index in [1.54, 1.807) is 10.0 Å². The Hall–Kier alpha value is 1.54. The molecule has 0 heterocycles. The molecule has 0 aromatic rings. The van der Waals surface area contributed by atoms with Crippen LogP contribution in [0.3, 0.4) is 0 Å². The van der Waals surface area contributed by atoms with Gasteiger partial charge >= 0.3 is 53.8 Å². The monoisotopic (exact) mass is 280 g/mol. The van der Waals surface area contributed by atoms with Gasteiger partial charge in [0.05, 0.1) is 0 Å². The second-order valence-corrected chi connectivity index (χ2v) is 12.1. The summed E-state index contributed by atoms with van der Waals surface area (Å²) in [6, 6.07) is 0. The zero-order valence-corrected chi connectivity index (χ0v) is 13.3. The van der Waals surface area contributed by atoms with Crippen LogP contribution in [0, 0.1) is 0 Å². The molecule has 0 rings (SSSR count). The third-order valence-electron chi connectivity index (χ3n) is 1.21. The normalized spacial score (nSPS) is 9.75. The predicted octanol–water partition coefficient (Wildman–Crippen LogP) is 2.85. The summed E-state index contributed by atoms with van der Waals surface area (Å²) in [5, 5.41) is 3.22. The largest absolute Gasteiger partial charge is 0.338 e. The van der Waals surface area contributed by atoms with Crippen LogP contribution in [-0.4, -0.2) is 9.79 Å². The molecule has 72 valence electrons. The molecular weight excluding hydrogens is 265 g/mol. The minimum atomic E-state index is -3.11. The zero-order valence-electron chi connectivity index (χ0n) is 7.73. The third-order valence-corrected chi connectivity index (χ3v) is 6.27. The molecule has 0 saturated heterocycles. The molecule has 0 aromatic heterocycles. The first-order chi connectivity index (χ1) is 5.41. The fourth-order valence-electron chi connectivity index (χ4n) is 0.677.